The summed E-state index contributed by atoms with van der Waals surface area (Å²) in [4.78, 5) is 9.26. The molecule has 4 heteroatoms. The summed E-state index contributed by atoms with van der Waals surface area (Å²) in [6.07, 6.45) is 0.915. The van der Waals surface area contributed by atoms with Crippen molar-refractivity contribution in [1.82, 2.24) is 5.32 Å². The van der Waals surface area contributed by atoms with E-state index < -0.39 is 11.6 Å². The number of carboxylic acids is 1. The molecule has 0 amide bonds. The Hall–Kier alpha value is -1.39. The Morgan fingerprint density at radius 1 is 1.50 bits per heavy atom. The first-order valence-corrected chi connectivity index (χ1v) is 6.22. The van der Waals surface area contributed by atoms with Crippen LogP contribution in [0.15, 0.2) is 30.3 Å². The van der Waals surface area contributed by atoms with Gasteiger partial charge in [-0.3, -0.25) is 0 Å². The number of rotatable bonds is 2. The van der Waals surface area contributed by atoms with Gasteiger partial charge in [-0.15, -0.1) is 0 Å². The third-order valence-electron chi connectivity index (χ3n) is 3.24. The average molecular weight is 250 g/mol. The summed E-state index contributed by atoms with van der Waals surface area (Å²) in [5.41, 5.74) is 0.355. The van der Waals surface area contributed by atoms with Gasteiger partial charge in [0.25, 0.3) is 0 Å². The predicted molar refractivity (Wildman–Crippen MR) is 67.7 cm³/mol. The smallest absolute Gasteiger partial charge is 0.106 e. The number of carboxylic acid groups (broad SMARTS) is 1. The molecule has 0 aliphatic carbocycles. The maximum atomic E-state index is 10.4. The number of aliphatic carboxylic acids is 1. The summed E-state index contributed by atoms with van der Waals surface area (Å²) in [5.74, 6) is -0.995. The lowest BCUT2D eigenvalue weighted by atomic mass is 9.88. The molecule has 2 N–H and O–H groups in total. The van der Waals surface area contributed by atoms with E-state index in [0.29, 0.717) is 0 Å². The summed E-state index contributed by atoms with van der Waals surface area (Å²) in [5, 5.41) is 22.9. The van der Waals surface area contributed by atoms with Crippen LogP contribution in [0, 0.1) is 0 Å². The monoisotopic (exact) mass is 250 g/mol. The van der Waals surface area contributed by atoms with Gasteiger partial charge in [-0.05, 0) is 31.9 Å². The van der Waals surface area contributed by atoms with Crippen molar-refractivity contribution < 1.29 is 15.0 Å². The first kappa shape index (κ1) is 14.7. The number of hydrogen-bond acceptors (Lipinski definition) is 4. The summed E-state index contributed by atoms with van der Waals surface area (Å²) in [6, 6.07) is 10.0. The van der Waals surface area contributed by atoms with E-state index in [1.165, 1.54) is 6.92 Å². The van der Waals surface area contributed by atoms with Gasteiger partial charge in [0.1, 0.15) is 5.60 Å². The highest BCUT2D eigenvalue weighted by Crippen LogP contribution is 2.31. The van der Waals surface area contributed by atoms with Gasteiger partial charge in [-0.1, -0.05) is 37.3 Å². The van der Waals surface area contributed by atoms with Crippen LogP contribution < -0.4 is 10.4 Å². The van der Waals surface area contributed by atoms with Crippen LogP contribution in [0.3, 0.4) is 0 Å². The first-order chi connectivity index (χ1) is 8.50. The van der Waals surface area contributed by atoms with E-state index in [1.54, 1.807) is 0 Å². The average Bonchev–Trinajstić information content (AvgIpc) is 2.73. The van der Waals surface area contributed by atoms with Crippen molar-refractivity contribution >= 4 is 5.97 Å². The third-order valence-corrected chi connectivity index (χ3v) is 3.24. The quantitative estimate of drug-likeness (QED) is 0.797. The Bertz CT molecular complexity index is 380. The lowest BCUT2D eigenvalue weighted by Gasteiger charge is -2.27. The van der Waals surface area contributed by atoms with E-state index in [4.69, 9.17) is 0 Å². The minimum Gasteiger partial charge on any atom is -0.550 e. The molecule has 0 saturated carbocycles. The van der Waals surface area contributed by atoms with Gasteiger partial charge in [0.05, 0.1) is 0 Å². The molecule has 18 heavy (non-hydrogen) atoms. The van der Waals surface area contributed by atoms with Crippen molar-refractivity contribution in [3.05, 3.63) is 35.9 Å². The molecule has 1 aromatic rings. The normalized spacial score (nSPS) is 26.3. The second kappa shape index (κ2) is 6.52. The fraction of sp³-hybridized carbons (Fsp3) is 0.500. The maximum Gasteiger partial charge on any atom is 0.106 e. The van der Waals surface area contributed by atoms with Gasteiger partial charge in [-0.25, -0.2) is 0 Å². The maximum absolute atomic E-state index is 10.4. The number of nitrogens with one attached hydrogen (secondary N) is 1. The van der Waals surface area contributed by atoms with Gasteiger partial charge < -0.3 is 20.3 Å². The lowest BCUT2D eigenvalue weighted by Crippen LogP contribution is -2.37. The van der Waals surface area contributed by atoms with E-state index in [2.05, 4.69) is 5.32 Å². The zero-order chi connectivity index (χ0) is 13.6. The van der Waals surface area contributed by atoms with E-state index in [9.17, 15) is 15.0 Å². The molecule has 0 radical (unpaired) electrons. The minimum absolute atomic E-state index is 0.111. The number of benzene rings is 1. The van der Waals surface area contributed by atoms with Crippen LogP contribution in [0.25, 0.3) is 0 Å². The van der Waals surface area contributed by atoms with Crippen LogP contribution in [0.2, 0.25) is 0 Å². The van der Waals surface area contributed by atoms with Crippen molar-refractivity contribution in [2.45, 2.75) is 38.3 Å². The topological polar surface area (TPSA) is 72.4 Å². The van der Waals surface area contributed by atoms with Crippen LogP contribution >= 0.6 is 0 Å². The highest BCUT2D eigenvalue weighted by molar-refractivity contribution is 5.63. The van der Waals surface area contributed by atoms with E-state index in [0.717, 1.165) is 18.5 Å². The summed E-state index contributed by atoms with van der Waals surface area (Å²) >= 11 is 0. The molecule has 1 aliphatic rings. The first-order valence-electron chi connectivity index (χ1n) is 6.22. The summed E-state index contributed by atoms with van der Waals surface area (Å²) in [6.45, 7) is 4.46. The minimum atomic E-state index is -0.995. The van der Waals surface area contributed by atoms with Gasteiger partial charge in [0.15, 0.2) is 0 Å². The fourth-order valence-corrected chi connectivity index (χ4v) is 1.99. The van der Waals surface area contributed by atoms with Crippen LogP contribution in [0.4, 0.5) is 0 Å². The number of hydrogen-bond donors (Lipinski definition) is 2. The van der Waals surface area contributed by atoms with Crippen molar-refractivity contribution in [3.63, 3.8) is 0 Å². The Labute approximate surface area is 108 Å². The van der Waals surface area contributed by atoms with E-state index >= 15 is 0 Å². The lowest BCUT2D eigenvalue weighted by molar-refractivity contribution is -0.305. The molecule has 100 valence electrons. The van der Waals surface area contributed by atoms with Crippen molar-refractivity contribution in [2.75, 3.05) is 6.54 Å². The van der Waals surface area contributed by atoms with Gasteiger partial charge in [0, 0.05) is 12.0 Å². The molecule has 2 unspecified atom stereocenters. The summed E-state index contributed by atoms with van der Waals surface area (Å²) in [7, 11) is 0. The largest absolute Gasteiger partial charge is 0.550 e. The second-order valence-corrected chi connectivity index (χ2v) is 4.44. The Morgan fingerprint density at radius 2 is 2.06 bits per heavy atom. The van der Waals surface area contributed by atoms with Crippen LogP contribution in [-0.2, 0) is 10.4 Å². The number of aliphatic hydroxyl groups is 1. The zero-order valence-electron chi connectivity index (χ0n) is 10.8. The molecule has 1 saturated heterocycles. The molecule has 2 atom stereocenters. The molecule has 4 nitrogen and oxygen atoms in total. The number of carbonyl (C=O) groups excluding carboxylic acids is 1. The van der Waals surface area contributed by atoms with Crippen molar-refractivity contribution in [1.29, 1.82) is 0 Å². The highest BCUT2D eigenvalue weighted by atomic mass is 16.4. The molecule has 1 aliphatic heterocycles. The van der Waals surface area contributed by atoms with Crippen LogP contribution in [0.5, 0.6) is 0 Å². The summed E-state index contributed by atoms with van der Waals surface area (Å²) < 4.78 is 0. The molecule has 0 bridgehead atoms. The van der Waals surface area contributed by atoms with Gasteiger partial charge >= 0.3 is 0 Å². The molecule has 0 aromatic heterocycles. The molecule has 1 fully saturated rings. The van der Waals surface area contributed by atoms with E-state index in [1.807, 2.05) is 37.3 Å². The number of carbonyl (C=O) groups is 1. The molecular formula is C14H20NO3-. The van der Waals surface area contributed by atoms with Crippen LogP contribution in [0.1, 0.15) is 32.3 Å². The third kappa shape index (κ3) is 3.55. The molecule has 2 rings (SSSR count). The van der Waals surface area contributed by atoms with Gasteiger partial charge in [-0.2, -0.15) is 0 Å². The van der Waals surface area contributed by atoms with E-state index in [-0.39, 0.29) is 12.5 Å². The zero-order valence-corrected chi connectivity index (χ0v) is 10.8. The van der Waals surface area contributed by atoms with Gasteiger partial charge in [0.2, 0.25) is 0 Å². The SMILES string of the molecule is CC1NCCC1(O)c1ccccc1.CCC(=O)[O-]. The predicted octanol–water partition coefficient (Wildman–Crippen LogP) is 0.402. The molecule has 0 spiro atoms. The Kier molecular flexibility index (Phi) is 5.31. The highest BCUT2D eigenvalue weighted by Gasteiger charge is 2.39. The van der Waals surface area contributed by atoms with Crippen LogP contribution in [-0.4, -0.2) is 23.7 Å². The molecular weight excluding hydrogens is 230 g/mol. The Balaban J connectivity index is 0.000000280. The Morgan fingerprint density at radius 3 is 2.44 bits per heavy atom. The molecule has 1 aromatic carbocycles. The fourth-order valence-electron chi connectivity index (χ4n) is 1.99. The second-order valence-electron chi connectivity index (χ2n) is 4.44. The van der Waals surface area contributed by atoms with Crippen molar-refractivity contribution in [2.24, 2.45) is 0 Å². The molecule has 1 heterocycles. The standard InChI is InChI=1S/C11H15NO.C3H6O2/c1-9-11(13,7-8-12-9)10-5-3-2-4-6-10;1-2-3(4)5/h2-6,9,12-13H,7-8H2,1H3;2H2,1H3,(H,4,5)/p-1. The van der Waals surface area contributed by atoms with Crippen molar-refractivity contribution in [3.8, 4) is 0 Å².